The summed E-state index contributed by atoms with van der Waals surface area (Å²) in [5.41, 5.74) is 0. The third-order valence-electron chi connectivity index (χ3n) is 5.63. The highest BCUT2D eigenvalue weighted by molar-refractivity contribution is 5.03. The molecular formula is C16H23N3O3. The predicted molar refractivity (Wildman–Crippen MR) is 77.4 cm³/mol. The third-order valence-corrected chi connectivity index (χ3v) is 5.63. The van der Waals surface area contributed by atoms with Crippen LogP contribution >= 0.6 is 0 Å². The maximum Gasteiger partial charge on any atom is 0.245 e. The quantitative estimate of drug-likeness (QED) is 0.850. The van der Waals surface area contributed by atoms with Gasteiger partial charge in [0.15, 0.2) is 0 Å². The number of fused-ring (bicyclic) bond motifs is 1. The van der Waals surface area contributed by atoms with Gasteiger partial charge in [-0.3, -0.25) is 4.90 Å². The van der Waals surface area contributed by atoms with E-state index < -0.39 is 0 Å². The first-order valence-corrected chi connectivity index (χ1v) is 8.67. The molecule has 0 bridgehead atoms. The highest BCUT2D eigenvalue weighted by Gasteiger charge is 2.46. The van der Waals surface area contributed by atoms with Gasteiger partial charge in [-0.1, -0.05) is 0 Å². The highest BCUT2D eigenvalue weighted by atomic mass is 16.5. The van der Waals surface area contributed by atoms with Crippen molar-refractivity contribution in [2.24, 2.45) is 5.92 Å². The van der Waals surface area contributed by atoms with E-state index in [1.54, 1.807) is 0 Å². The third kappa shape index (κ3) is 2.37. The van der Waals surface area contributed by atoms with Crippen LogP contribution in [0.4, 0.5) is 0 Å². The monoisotopic (exact) mass is 305 g/mol. The minimum Gasteiger partial charge on any atom is -0.422 e. The first-order chi connectivity index (χ1) is 10.9. The van der Waals surface area contributed by atoms with Crippen LogP contribution in [0.15, 0.2) is 4.42 Å². The molecule has 4 fully saturated rings. The molecule has 0 aromatic carbocycles. The molecule has 22 heavy (non-hydrogen) atoms. The molecule has 1 aromatic rings. The van der Waals surface area contributed by atoms with Crippen LogP contribution in [-0.2, 0) is 9.47 Å². The Balaban J connectivity index is 1.21. The Kier molecular flexibility index (Phi) is 3.23. The summed E-state index contributed by atoms with van der Waals surface area (Å²) < 4.78 is 17.5. The average Bonchev–Trinajstić information content (AvgIpc) is 2.98. The van der Waals surface area contributed by atoms with Crippen LogP contribution < -0.4 is 0 Å². The molecule has 0 spiro atoms. The van der Waals surface area contributed by atoms with Crippen LogP contribution in [-0.4, -0.2) is 53.5 Å². The van der Waals surface area contributed by atoms with Gasteiger partial charge in [-0.05, 0) is 32.1 Å². The first-order valence-electron chi connectivity index (χ1n) is 8.67. The molecule has 3 atom stereocenters. The van der Waals surface area contributed by atoms with Gasteiger partial charge in [0.25, 0.3) is 0 Å². The summed E-state index contributed by atoms with van der Waals surface area (Å²) in [6.45, 7) is 4.02. The number of aromatic nitrogens is 2. The Bertz CT molecular complexity index is 524. The van der Waals surface area contributed by atoms with E-state index >= 15 is 0 Å². The van der Waals surface area contributed by atoms with E-state index in [9.17, 15) is 0 Å². The summed E-state index contributed by atoms with van der Waals surface area (Å²) in [6.07, 6.45) is 6.10. The van der Waals surface area contributed by atoms with Crippen LogP contribution in [0.5, 0.6) is 0 Å². The van der Waals surface area contributed by atoms with Gasteiger partial charge in [0.2, 0.25) is 11.8 Å². The van der Waals surface area contributed by atoms with Gasteiger partial charge in [0, 0.05) is 44.2 Å². The molecule has 0 amide bonds. The van der Waals surface area contributed by atoms with Crippen molar-refractivity contribution in [1.29, 1.82) is 0 Å². The van der Waals surface area contributed by atoms with Gasteiger partial charge in [0.05, 0.1) is 6.10 Å². The number of ether oxygens (including phenoxy) is 2. The summed E-state index contributed by atoms with van der Waals surface area (Å²) in [6, 6.07) is 0.686. The van der Waals surface area contributed by atoms with Crippen LogP contribution in [0, 0.1) is 5.92 Å². The van der Waals surface area contributed by atoms with Gasteiger partial charge in [-0.2, -0.15) is 0 Å². The van der Waals surface area contributed by atoms with Crippen molar-refractivity contribution in [1.82, 2.24) is 15.1 Å². The normalized spacial score (nSPS) is 36.8. The lowest BCUT2D eigenvalue weighted by molar-refractivity contribution is 0.00422. The summed E-state index contributed by atoms with van der Waals surface area (Å²) >= 11 is 0. The van der Waals surface area contributed by atoms with Crippen molar-refractivity contribution >= 4 is 0 Å². The Morgan fingerprint density at radius 2 is 1.77 bits per heavy atom. The first kappa shape index (κ1) is 13.5. The predicted octanol–water partition coefficient (Wildman–Crippen LogP) is 1.89. The van der Waals surface area contributed by atoms with Crippen LogP contribution in [0.2, 0.25) is 0 Å². The van der Waals surface area contributed by atoms with E-state index in [0.717, 1.165) is 51.5 Å². The fourth-order valence-corrected chi connectivity index (χ4v) is 4.17. The molecule has 1 aliphatic carbocycles. The molecule has 0 unspecified atom stereocenters. The van der Waals surface area contributed by atoms with Gasteiger partial charge < -0.3 is 13.9 Å². The molecule has 6 nitrogen and oxygen atoms in total. The Morgan fingerprint density at radius 1 is 0.955 bits per heavy atom. The average molecular weight is 305 g/mol. The van der Waals surface area contributed by atoms with Gasteiger partial charge >= 0.3 is 0 Å². The van der Waals surface area contributed by atoms with Crippen LogP contribution in [0.1, 0.15) is 55.9 Å². The smallest absolute Gasteiger partial charge is 0.245 e. The van der Waals surface area contributed by atoms with Crippen molar-refractivity contribution in [2.75, 3.05) is 26.3 Å². The fourth-order valence-electron chi connectivity index (χ4n) is 4.17. The maximum absolute atomic E-state index is 6.24. The number of nitrogens with zero attached hydrogens (tertiary/aromatic N) is 3. The van der Waals surface area contributed by atoms with Crippen molar-refractivity contribution in [3.8, 4) is 0 Å². The van der Waals surface area contributed by atoms with Crippen LogP contribution in [0.3, 0.4) is 0 Å². The molecule has 3 saturated heterocycles. The molecule has 120 valence electrons. The standard InChI is InChI=1S/C16H23N3O3/c1-2-10(1)15-17-18-16(22-15)13-7-11-8-19(9-14(11)21-13)12-3-5-20-6-4-12/h10-14H,1-9H2/t11-,13-,14+/m0/s1. The molecule has 1 aromatic heterocycles. The van der Waals surface area contributed by atoms with Crippen LogP contribution in [0.25, 0.3) is 0 Å². The summed E-state index contributed by atoms with van der Waals surface area (Å²) in [5.74, 6) is 2.66. The maximum atomic E-state index is 6.24. The zero-order chi connectivity index (χ0) is 14.5. The molecule has 5 rings (SSSR count). The number of hydrogen-bond donors (Lipinski definition) is 0. The molecule has 3 aliphatic heterocycles. The zero-order valence-corrected chi connectivity index (χ0v) is 12.8. The number of rotatable bonds is 3. The Labute approximate surface area is 130 Å². The van der Waals surface area contributed by atoms with Crippen molar-refractivity contribution in [2.45, 2.75) is 56.3 Å². The molecule has 4 aliphatic rings. The largest absolute Gasteiger partial charge is 0.422 e. The van der Waals surface area contributed by atoms with Gasteiger partial charge in [0.1, 0.15) is 6.10 Å². The Hall–Kier alpha value is -0.980. The SMILES string of the molecule is C1CC(N2C[C@@H]3C[C@@H](c4nnc(C5CC5)o4)O[C@@H]3C2)CCO1. The van der Waals surface area contributed by atoms with E-state index in [1.807, 2.05) is 0 Å². The Morgan fingerprint density at radius 3 is 2.55 bits per heavy atom. The topological polar surface area (TPSA) is 60.6 Å². The molecular weight excluding hydrogens is 282 g/mol. The second-order valence-electron chi connectivity index (χ2n) is 7.21. The molecule has 0 N–H and O–H groups in total. The molecule has 4 heterocycles. The second kappa shape index (κ2) is 5.28. The van der Waals surface area contributed by atoms with E-state index in [-0.39, 0.29) is 6.10 Å². The summed E-state index contributed by atoms with van der Waals surface area (Å²) in [5, 5.41) is 8.41. The van der Waals surface area contributed by atoms with E-state index in [1.165, 1.54) is 12.8 Å². The molecule has 0 radical (unpaired) electrons. The second-order valence-corrected chi connectivity index (χ2v) is 7.21. The van der Waals surface area contributed by atoms with E-state index in [0.29, 0.717) is 29.9 Å². The zero-order valence-electron chi connectivity index (χ0n) is 12.8. The minimum absolute atomic E-state index is 0.0202. The van der Waals surface area contributed by atoms with Crippen molar-refractivity contribution < 1.29 is 13.9 Å². The minimum atomic E-state index is 0.0202. The number of likely N-dealkylation sites (tertiary alicyclic amines) is 1. The summed E-state index contributed by atoms with van der Waals surface area (Å²) in [7, 11) is 0. The van der Waals surface area contributed by atoms with Gasteiger partial charge in [-0.25, -0.2) is 0 Å². The lowest BCUT2D eigenvalue weighted by Gasteiger charge is -2.31. The van der Waals surface area contributed by atoms with Crippen molar-refractivity contribution in [3.05, 3.63) is 11.8 Å². The number of hydrogen-bond acceptors (Lipinski definition) is 6. The highest BCUT2D eigenvalue weighted by Crippen LogP contribution is 2.44. The van der Waals surface area contributed by atoms with Gasteiger partial charge in [-0.15, -0.1) is 10.2 Å². The van der Waals surface area contributed by atoms with E-state index in [4.69, 9.17) is 13.9 Å². The lowest BCUT2D eigenvalue weighted by Crippen LogP contribution is -2.39. The molecule has 1 saturated carbocycles. The lowest BCUT2D eigenvalue weighted by atomic mass is 10.0. The fraction of sp³-hybridized carbons (Fsp3) is 0.875. The molecule has 6 heteroatoms. The van der Waals surface area contributed by atoms with Crippen molar-refractivity contribution in [3.63, 3.8) is 0 Å². The van der Waals surface area contributed by atoms with E-state index in [2.05, 4.69) is 15.1 Å². The summed E-state index contributed by atoms with van der Waals surface area (Å²) in [4.78, 5) is 2.61.